The predicted molar refractivity (Wildman–Crippen MR) is 104 cm³/mol. The van der Waals surface area contributed by atoms with E-state index >= 15 is 0 Å². The summed E-state index contributed by atoms with van der Waals surface area (Å²) in [5.74, 6) is 1.85. The second kappa shape index (κ2) is 8.60. The first kappa shape index (κ1) is 18.1. The Morgan fingerprint density at radius 3 is 2.65 bits per heavy atom. The third-order valence-corrected chi connectivity index (χ3v) is 4.73. The molecular weight excluding hydrogens is 346 g/mol. The van der Waals surface area contributed by atoms with Crippen molar-refractivity contribution >= 4 is 17.2 Å². The van der Waals surface area contributed by atoms with Crippen LogP contribution in [0.4, 0.5) is 0 Å². The second-order valence-electron chi connectivity index (χ2n) is 6.04. The van der Waals surface area contributed by atoms with Gasteiger partial charge in [0.15, 0.2) is 5.84 Å². The maximum atomic E-state index is 9.54. The number of aromatic nitrogens is 1. The van der Waals surface area contributed by atoms with Crippen molar-refractivity contribution in [1.29, 1.82) is 0 Å². The van der Waals surface area contributed by atoms with E-state index in [1.165, 1.54) is 5.56 Å². The highest BCUT2D eigenvalue weighted by Gasteiger charge is 2.12. The number of nitrogens with one attached hydrogen (secondary N) is 1. The van der Waals surface area contributed by atoms with Crippen LogP contribution in [-0.2, 0) is 6.54 Å². The molecule has 2 heterocycles. The third kappa shape index (κ3) is 4.47. The topological polar surface area (TPSA) is 66.7 Å². The number of hydrogen-bond donors (Lipinski definition) is 2. The lowest BCUT2D eigenvalue weighted by Crippen LogP contribution is -2.21. The Hall–Kier alpha value is -2.70. The number of ether oxygens (including phenoxy) is 1. The molecule has 0 amide bonds. The van der Waals surface area contributed by atoms with Crippen molar-refractivity contribution in [1.82, 2.24) is 10.5 Å². The molecule has 0 unspecified atom stereocenters. The van der Waals surface area contributed by atoms with Gasteiger partial charge in [0.2, 0.25) is 5.88 Å². The number of benzene rings is 1. The van der Waals surface area contributed by atoms with Gasteiger partial charge in [-0.25, -0.2) is 4.98 Å². The monoisotopic (exact) mass is 367 g/mol. The Kier molecular flexibility index (Phi) is 5.99. The van der Waals surface area contributed by atoms with Crippen LogP contribution < -0.4 is 10.2 Å². The number of hydrogen-bond acceptors (Lipinski definition) is 5. The van der Waals surface area contributed by atoms with Gasteiger partial charge >= 0.3 is 0 Å². The van der Waals surface area contributed by atoms with E-state index in [1.54, 1.807) is 29.7 Å². The molecule has 134 valence electrons. The highest BCUT2D eigenvalue weighted by Crippen LogP contribution is 2.25. The maximum absolute atomic E-state index is 9.54. The molecule has 6 heteroatoms. The van der Waals surface area contributed by atoms with Crippen LogP contribution in [0.15, 0.2) is 65.1 Å². The lowest BCUT2D eigenvalue weighted by atomic mass is 10.0. The summed E-state index contributed by atoms with van der Waals surface area (Å²) in [6, 6.07) is 15.5. The van der Waals surface area contributed by atoms with E-state index in [4.69, 9.17) is 4.74 Å². The van der Waals surface area contributed by atoms with Gasteiger partial charge < -0.3 is 4.74 Å². The average Bonchev–Trinajstić information content (AvgIpc) is 3.17. The van der Waals surface area contributed by atoms with Gasteiger partial charge in [0.05, 0.1) is 12.1 Å². The number of rotatable bonds is 6. The molecule has 0 spiro atoms. The zero-order chi connectivity index (χ0) is 18.4. The van der Waals surface area contributed by atoms with Crippen molar-refractivity contribution in [2.75, 3.05) is 0 Å². The molecule has 0 saturated carbocycles. The predicted octanol–water partition coefficient (Wildman–Crippen LogP) is 4.98. The van der Waals surface area contributed by atoms with Crippen LogP contribution in [-0.4, -0.2) is 16.0 Å². The molecule has 2 aromatic heterocycles. The Balaban J connectivity index is 1.83. The Labute approximate surface area is 157 Å². The molecule has 1 aromatic carbocycles. The molecule has 0 bridgehead atoms. The zero-order valence-corrected chi connectivity index (χ0v) is 15.5. The lowest BCUT2D eigenvalue weighted by molar-refractivity contribution is 0.234. The second-order valence-corrected chi connectivity index (χ2v) is 7.07. The number of nitrogens with zero attached hydrogens (tertiary/aromatic N) is 2. The van der Waals surface area contributed by atoms with Gasteiger partial charge in [0, 0.05) is 11.1 Å². The van der Waals surface area contributed by atoms with E-state index in [0.29, 0.717) is 35.5 Å². The molecule has 0 radical (unpaired) electrons. The van der Waals surface area contributed by atoms with Crippen LogP contribution in [0.3, 0.4) is 0 Å². The van der Waals surface area contributed by atoms with Crippen LogP contribution in [0.1, 0.15) is 35.8 Å². The number of pyridine rings is 1. The van der Waals surface area contributed by atoms with Crippen molar-refractivity contribution in [2.45, 2.75) is 26.3 Å². The fourth-order valence-electron chi connectivity index (χ4n) is 2.43. The molecule has 0 aliphatic carbocycles. The SMILES string of the molecule is CC(C)c1ccc(Oc2ncccc2C(=NCc2cccs2)NO)cc1. The number of hydroxylamine groups is 1. The lowest BCUT2D eigenvalue weighted by Gasteiger charge is -2.12. The van der Waals surface area contributed by atoms with E-state index in [0.717, 1.165) is 4.88 Å². The van der Waals surface area contributed by atoms with E-state index < -0.39 is 0 Å². The van der Waals surface area contributed by atoms with Gasteiger partial charge in [0.1, 0.15) is 5.75 Å². The molecule has 3 aromatic rings. The van der Waals surface area contributed by atoms with Crippen molar-refractivity contribution in [2.24, 2.45) is 4.99 Å². The molecule has 5 nitrogen and oxygen atoms in total. The highest BCUT2D eigenvalue weighted by atomic mass is 32.1. The summed E-state index contributed by atoms with van der Waals surface area (Å²) in [6.07, 6.45) is 1.65. The van der Waals surface area contributed by atoms with Gasteiger partial charge in [-0.1, -0.05) is 32.0 Å². The van der Waals surface area contributed by atoms with Crippen molar-refractivity contribution in [3.05, 3.63) is 76.1 Å². The number of aliphatic imine (C=N–C) groups is 1. The molecule has 0 atom stereocenters. The Morgan fingerprint density at radius 2 is 2.00 bits per heavy atom. The highest BCUT2D eigenvalue weighted by molar-refractivity contribution is 7.09. The summed E-state index contributed by atoms with van der Waals surface area (Å²) in [6.45, 7) is 4.77. The first-order chi connectivity index (χ1) is 12.7. The van der Waals surface area contributed by atoms with Gasteiger partial charge in [-0.2, -0.15) is 0 Å². The van der Waals surface area contributed by atoms with Crippen LogP contribution in [0.5, 0.6) is 11.6 Å². The fraction of sp³-hybridized carbons (Fsp3) is 0.200. The molecule has 0 fully saturated rings. The van der Waals surface area contributed by atoms with E-state index in [2.05, 4.69) is 29.3 Å². The molecule has 0 aliphatic heterocycles. The summed E-state index contributed by atoms with van der Waals surface area (Å²) < 4.78 is 5.92. The molecule has 0 saturated heterocycles. The van der Waals surface area contributed by atoms with Crippen molar-refractivity contribution in [3.63, 3.8) is 0 Å². The summed E-state index contributed by atoms with van der Waals surface area (Å²) in [7, 11) is 0. The Bertz CT molecular complexity index is 859. The van der Waals surface area contributed by atoms with Gasteiger partial charge in [-0.05, 0) is 47.2 Å². The zero-order valence-electron chi connectivity index (χ0n) is 14.7. The summed E-state index contributed by atoms with van der Waals surface area (Å²) in [4.78, 5) is 9.84. The standard InChI is InChI=1S/C20H21N3O2S/c1-14(2)15-7-9-16(10-8-15)25-20-18(6-3-11-21-20)19(23-24)22-13-17-5-4-12-26-17/h3-12,14,24H,13H2,1-2H3,(H,22,23). The minimum absolute atomic E-state index is 0.320. The molecule has 3 rings (SSSR count). The summed E-state index contributed by atoms with van der Waals surface area (Å²) >= 11 is 1.62. The molecular formula is C20H21N3O2S. The number of thiophene rings is 1. The quantitative estimate of drug-likeness (QED) is 0.366. The van der Waals surface area contributed by atoms with Crippen LogP contribution in [0.2, 0.25) is 0 Å². The van der Waals surface area contributed by atoms with E-state index in [9.17, 15) is 5.21 Å². The first-order valence-electron chi connectivity index (χ1n) is 8.37. The first-order valence-corrected chi connectivity index (χ1v) is 9.25. The molecule has 26 heavy (non-hydrogen) atoms. The largest absolute Gasteiger partial charge is 0.438 e. The fourth-order valence-corrected chi connectivity index (χ4v) is 3.05. The normalized spacial score (nSPS) is 11.6. The average molecular weight is 367 g/mol. The summed E-state index contributed by atoms with van der Waals surface area (Å²) in [5.41, 5.74) is 4.01. The minimum Gasteiger partial charge on any atom is -0.438 e. The van der Waals surface area contributed by atoms with Crippen LogP contribution >= 0.6 is 11.3 Å². The maximum Gasteiger partial charge on any atom is 0.230 e. The van der Waals surface area contributed by atoms with Gasteiger partial charge in [-0.15, -0.1) is 11.3 Å². The Morgan fingerprint density at radius 1 is 1.19 bits per heavy atom. The van der Waals surface area contributed by atoms with Gasteiger partial charge in [-0.3, -0.25) is 15.7 Å². The minimum atomic E-state index is 0.320. The van der Waals surface area contributed by atoms with Crippen LogP contribution in [0, 0.1) is 0 Å². The molecule has 2 N–H and O–H groups in total. The number of amidine groups is 1. The smallest absolute Gasteiger partial charge is 0.230 e. The summed E-state index contributed by atoms with van der Waals surface area (Å²) in [5, 5.41) is 11.5. The van der Waals surface area contributed by atoms with Crippen molar-refractivity contribution < 1.29 is 9.94 Å². The van der Waals surface area contributed by atoms with Gasteiger partial charge in [0.25, 0.3) is 0 Å². The third-order valence-electron chi connectivity index (χ3n) is 3.87. The van der Waals surface area contributed by atoms with Crippen molar-refractivity contribution in [3.8, 4) is 11.6 Å². The van der Waals surface area contributed by atoms with E-state index in [-0.39, 0.29) is 0 Å². The molecule has 0 aliphatic rings. The van der Waals surface area contributed by atoms with E-state index in [1.807, 2.05) is 41.8 Å². The van der Waals surface area contributed by atoms with Crippen LogP contribution in [0.25, 0.3) is 0 Å².